The second-order valence-corrected chi connectivity index (χ2v) is 7.01. The molecule has 0 aliphatic carbocycles. The third-order valence-corrected chi connectivity index (χ3v) is 5.07. The lowest BCUT2D eigenvalue weighted by atomic mass is 10.0. The minimum atomic E-state index is -0.628. The second-order valence-electron chi connectivity index (χ2n) is 7.01. The number of hydrogen-bond acceptors (Lipinski definition) is 9. The van der Waals surface area contributed by atoms with Crippen LogP contribution in [0, 0.1) is 0 Å². The molecule has 1 aromatic heterocycles. The molecule has 11 nitrogen and oxygen atoms in total. The Bertz CT molecular complexity index is 1000. The second kappa shape index (κ2) is 8.03. The quantitative estimate of drug-likeness (QED) is 0.544. The van der Waals surface area contributed by atoms with Gasteiger partial charge in [0.05, 0.1) is 13.7 Å². The maximum Gasteiger partial charge on any atom is 0.321 e. The van der Waals surface area contributed by atoms with Gasteiger partial charge in [-0.05, 0) is 23.6 Å². The Morgan fingerprint density at radius 3 is 2.83 bits per heavy atom. The average molecular weight is 411 g/mol. The Hall–Kier alpha value is -3.60. The van der Waals surface area contributed by atoms with E-state index in [4.69, 9.17) is 10.5 Å². The zero-order chi connectivity index (χ0) is 21.3. The first-order valence-corrected chi connectivity index (χ1v) is 9.48. The first-order valence-electron chi connectivity index (χ1n) is 9.48. The van der Waals surface area contributed by atoms with Crippen LogP contribution in [0.3, 0.4) is 0 Å². The molecule has 1 aromatic carbocycles. The number of carbonyl (C=O) groups excluding carboxylic acids is 3. The first kappa shape index (κ1) is 19.7. The number of hydrogen-bond donors (Lipinski definition) is 3. The van der Waals surface area contributed by atoms with Crippen LogP contribution in [0.25, 0.3) is 0 Å². The predicted octanol–water partition coefficient (Wildman–Crippen LogP) is -0.288. The summed E-state index contributed by atoms with van der Waals surface area (Å²) in [7, 11) is 1.46. The van der Waals surface area contributed by atoms with Crippen molar-refractivity contribution in [1.82, 2.24) is 25.2 Å². The Kier molecular flexibility index (Phi) is 5.27. The largest absolute Gasteiger partial charge is 0.467 e. The summed E-state index contributed by atoms with van der Waals surface area (Å²) in [5.41, 5.74) is 7.84. The molecular formula is C19H21N7O4. The van der Waals surface area contributed by atoms with E-state index in [9.17, 15) is 14.4 Å². The number of carbonyl (C=O) groups is 3. The molecule has 1 fully saturated rings. The fourth-order valence-electron chi connectivity index (χ4n) is 3.55. The molecule has 2 aliphatic rings. The lowest BCUT2D eigenvalue weighted by molar-refractivity contribution is -0.136. The van der Waals surface area contributed by atoms with Crippen molar-refractivity contribution in [2.45, 2.75) is 38.5 Å². The maximum atomic E-state index is 12.9. The van der Waals surface area contributed by atoms with Gasteiger partial charge < -0.3 is 20.7 Å². The topological polar surface area (TPSA) is 152 Å². The van der Waals surface area contributed by atoms with E-state index in [1.54, 1.807) is 6.07 Å². The highest BCUT2D eigenvalue weighted by Gasteiger charge is 2.39. The van der Waals surface area contributed by atoms with Crippen LogP contribution < -0.4 is 21.1 Å². The number of amides is 3. The summed E-state index contributed by atoms with van der Waals surface area (Å²) in [6.45, 7) is 0.867. The summed E-state index contributed by atoms with van der Waals surface area (Å²) in [5, 5.41) is 5.38. The SMILES string of the molecule is COc1nc(CN)nc(NCc2ccc3c(c2)C(=O)N(C2CCC(=O)NC2=O)C3)n1. The Morgan fingerprint density at radius 2 is 2.10 bits per heavy atom. The van der Waals surface area contributed by atoms with Gasteiger partial charge in [0, 0.05) is 25.1 Å². The Balaban J connectivity index is 1.47. The average Bonchev–Trinajstić information content (AvgIpc) is 3.07. The van der Waals surface area contributed by atoms with E-state index in [-0.39, 0.29) is 30.8 Å². The van der Waals surface area contributed by atoms with Gasteiger partial charge in [0.25, 0.3) is 5.91 Å². The van der Waals surface area contributed by atoms with Gasteiger partial charge in [-0.25, -0.2) is 0 Å². The summed E-state index contributed by atoms with van der Waals surface area (Å²) < 4.78 is 5.05. The number of nitrogens with zero attached hydrogens (tertiary/aromatic N) is 4. The maximum absolute atomic E-state index is 12.9. The van der Waals surface area contributed by atoms with Crippen molar-refractivity contribution in [3.63, 3.8) is 0 Å². The van der Waals surface area contributed by atoms with Crippen molar-refractivity contribution < 1.29 is 19.1 Å². The molecule has 4 rings (SSSR count). The van der Waals surface area contributed by atoms with Crippen molar-refractivity contribution in [2.75, 3.05) is 12.4 Å². The first-order chi connectivity index (χ1) is 14.5. The molecule has 2 aliphatic heterocycles. The number of ether oxygens (including phenoxy) is 1. The van der Waals surface area contributed by atoms with E-state index in [2.05, 4.69) is 25.6 Å². The van der Waals surface area contributed by atoms with Crippen molar-refractivity contribution >= 4 is 23.7 Å². The Morgan fingerprint density at radius 1 is 1.27 bits per heavy atom. The molecule has 1 atom stereocenters. The van der Waals surface area contributed by atoms with E-state index < -0.39 is 11.9 Å². The number of fused-ring (bicyclic) bond motifs is 1. The molecule has 11 heteroatoms. The summed E-state index contributed by atoms with van der Waals surface area (Å²) in [6.07, 6.45) is 0.565. The molecule has 156 valence electrons. The molecule has 3 amide bonds. The molecule has 3 heterocycles. The van der Waals surface area contributed by atoms with Crippen LogP contribution in [0.4, 0.5) is 5.95 Å². The number of nitrogens with two attached hydrogens (primary N) is 1. The van der Waals surface area contributed by atoms with Gasteiger partial charge in [0.1, 0.15) is 6.04 Å². The molecular weight excluding hydrogens is 390 g/mol. The standard InChI is InChI=1S/C19H21N7O4/c1-30-19-23-14(7-20)22-18(25-19)21-8-10-2-3-11-9-26(17(29)12(11)6-10)13-4-5-15(27)24-16(13)28/h2-3,6,13H,4-5,7-9,20H2,1H3,(H,24,27,28)(H,21,22,23,25). The predicted molar refractivity (Wildman–Crippen MR) is 104 cm³/mol. The highest BCUT2D eigenvalue weighted by molar-refractivity contribution is 6.05. The van der Waals surface area contributed by atoms with Crippen LogP contribution >= 0.6 is 0 Å². The summed E-state index contributed by atoms with van der Waals surface area (Å²) in [6, 6.07) is 5.09. The third-order valence-electron chi connectivity index (χ3n) is 5.07. The monoisotopic (exact) mass is 411 g/mol. The van der Waals surface area contributed by atoms with Gasteiger partial charge in [0.2, 0.25) is 17.8 Å². The van der Waals surface area contributed by atoms with Crippen molar-refractivity contribution in [2.24, 2.45) is 5.73 Å². The van der Waals surface area contributed by atoms with E-state index in [0.717, 1.165) is 11.1 Å². The van der Waals surface area contributed by atoms with Gasteiger partial charge in [-0.1, -0.05) is 12.1 Å². The van der Waals surface area contributed by atoms with Crippen LogP contribution in [-0.2, 0) is 29.2 Å². The fourth-order valence-corrected chi connectivity index (χ4v) is 3.55. The number of anilines is 1. The van der Waals surface area contributed by atoms with Gasteiger partial charge in [-0.15, -0.1) is 0 Å². The number of piperidine rings is 1. The van der Waals surface area contributed by atoms with E-state index in [1.807, 2.05) is 12.1 Å². The molecule has 1 unspecified atom stereocenters. The van der Waals surface area contributed by atoms with E-state index in [0.29, 0.717) is 36.8 Å². The number of benzene rings is 1. The number of rotatable bonds is 6. The lowest BCUT2D eigenvalue weighted by Gasteiger charge is -2.29. The molecule has 30 heavy (non-hydrogen) atoms. The normalized spacial score (nSPS) is 18.3. The molecule has 0 saturated carbocycles. The van der Waals surface area contributed by atoms with Crippen LogP contribution in [0.1, 0.15) is 40.2 Å². The molecule has 0 spiro atoms. The minimum absolute atomic E-state index is 0.150. The smallest absolute Gasteiger partial charge is 0.321 e. The van der Waals surface area contributed by atoms with Crippen LogP contribution in [0.2, 0.25) is 0 Å². The molecule has 2 aromatic rings. The molecule has 4 N–H and O–H groups in total. The van der Waals surface area contributed by atoms with Gasteiger partial charge in [-0.3, -0.25) is 19.7 Å². The zero-order valence-electron chi connectivity index (χ0n) is 16.3. The minimum Gasteiger partial charge on any atom is -0.467 e. The number of aromatic nitrogens is 3. The van der Waals surface area contributed by atoms with Crippen molar-refractivity contribution in [1.29, 1.82) is 0 Å². The Labute approximate surface area is 172 Å². The van der Waals surface area contributed by atoms with Crippen LogP contribution in [0.5, 0.6) is 6.01 Å². The van der Waals surface area contributed by atoms with Crippen molar-refractivity contribution in [3.05, 3.63) is 40.7 Å². The number of nitrogens with one attached hydrogen (secondary N) is 2. The third kappa shape index (κ3) is 3.79. The fraction of sp³-hybridized carbons (Fsp3) is 0.368. The van der Waals surface area contributed by atoms with Gasteiger partial charge in [0.15, 0.2) is 5.82 Å². The van der Waals surface area contributed by atoms with Gasteiger partial charge in [-0.2, -0.15) is 15.0 Å². The summed E-state index contributed by atoms with van der Waals surface area (Å²) >= 11 is 0. The van der Waals surface area contributed by atoms with Crippen LogP contribution in [0.15, 0.2) is 18.2 Å². The number of methoxy groups -OCH3 is 1. The highest BCUT2D eigenvalue weighted by Crippen LogP contribution is 2.28. The lowest BCUT2D eigenvalue weighted by Crippen LogP contribution is -2.52. The van der Waals surface area contributed by atoms with Crippen LogP contribution in [-0.4, -0.2) is 50.7 Å². The molecule has 1 saturated heterocycles. The molecule has 0 radical (unpaired) electrons. The summed E-state index contributed by atoms with van der Waals surface area (Å²) in [4.78, 5) is 50.3. The number of imide groups is 1. The zero-order valence-corrected chi connectivity index (χ0v) is 16.3. The summed E-state index contributed by atoms with van der Waals surface area (Å²) in [5.74, 6) is -0.225. The van der Waals surface area contributed by atoms with E-state index >= 15 is 0 Å². The van der Waals surface area contributed by atoms with Crippen molar-refractivity contribution in [3.8, 4) is 6.01 Å². The molecule has 0 bridgehead atoms. The highest BCUT2D eigenvalue weighted by atomic mass is 16.5. The van der Waals surface area contributed by atoms with E-state index in [1.165, 1.54) is 12.0 Å². The van der Waals surface area contributed by atoms with Gasteiger partial charge >= 0.3 is 6.01 Å².